The highest BCUT2D eigenvalue weighted by Gasteiger charge is 2.15. The zero-order valence-corrected chi connectivity index (χ0v) is 14.9. The van der Waals surface area contributed by atoms with Crippen LogP contribution >= 0.6 is 22.9 Å². The summed E-state index contributed by atoms with van der Waals surface area (Å²) in [6.07, 6.45) is 4.07. The summed E-state index contributed by atoms with van der Waals surface area (Å²) < 4.78 is 3.95. The fourth-order valence-electron chi connectivity index (χ4n) is 3.09. The maximum atomic E-state index is 6.19. The fourth-order valence-corrected chi connectivity index (χ4v) is 4.17. The molecule has 0 atom stereocenters. The molecule has 0 saturated carbocycles. The molecule has 5 rings (SSSR count). The van der Waals surface area contributed by atoms with Gasteiger partial charge in [0, 0.05) is 40.3 Å². The third kappa shape index (κ3) is 2.35. The Balaban J connectivity index is 1.65. The van der Waals surface area contributed by atoms with E-state index in [0.717, 1.165) is 42.7 Å². The van der Waals surface area contributed by atoms with E-state index in [1.165, 1.54) is 0 Å². The van der Waals surface area contributed by atoms with Crippen LogP contribution < -0.4 is 0 Å². The minimum absolute atomic E-state index is 0.729. The third-order valence-electron chi connectivity index (χ3n) is 4.29. The monoisotopic (exact) mass is 364 g/mol. The smallest absolute Gasteiger partial charge is 0.213 e. The van der Waals surface area contributed by atoms with Crippen LogP contribution in [-0.2, 0) is 7.05 Å². The van der Waals surface area contributed by atoms with E-state index >= 15 is 0 Å². The molecule has 0 aliphatic heterocycles. The molecule has 0 N–H and O–H groups in total. The minimum Gasteiger partial charge on any atom is -0.350 e. The Morgan fingerprint density at radius 3 is 2.68 bits per heavy atom. The van der Waals surface area contributed by atoms with Crippen molar-refractivity contribution in [3.05, 3.63) is 65.9 Å². The minimum atomic E-state index is 0.729. The molecule has 3 aromatic heterocycles. The van der Waals surface area contributed by atoms with E-state index in [9.17, 15) is 0 Å². The second kappa shape index (κ2) is 5.44. The summed E-state index contributed by atoms with van der Waals surface area (Å²) in [6, 6.07) is 16.1. The molecular weight excluding hydrogens is 352 g/mol. The van der Waals surface area contributed by atoms with Crippen LogP contribution in [0.1, 0.15) is 0 Å². The molecular formula is C19H13ClN4S. The molecule has 122 valence electrons. The first-order valence-electron chi connectivity index (χ1n) is 7.85. The Bertz CT molecular complexity index is 1190. The highest BCUT2D eigenvalue weighted by atomic mass is 35.5. The number of aryl methyl sites for hydroxylation is 1. The topological polar surface area (TPSA) is 35.1 Å². The highest BCUT2D eigenvalue weighted by Crippen LogP contribution is 2.35. The van der Waals surface area contributed by atoms with Crippen molar-refractivity contribution in [3.63, 3.8) is 0 Å². The van der Waals surface area contributed by atoms with Gasteiger partial charge in [0.25, 0.3) is 0 Å². The lowest BCUT2D eigenvalue weighted by molar-refractivity contribution is 0.961. The van der Waals surface area contributed by atoms with Gasteiger partial charge in [0.1, 0.15) is 5.01 Å². The zero-order valence-electron chi connectivity index (χ0n) is 13.3. The highest BCUT2D eigenvalue weighted by molar-refractivity contribution is 7.20. The lowest BCUT2D eigenvalue weighted by Crippen LogP contribution is -1.82. The number of aromatic nitrogens is 4. The van der Waals surface area contributed by atoms with Crippen LogP contribution in [0.5, 0.6) is 0 Å². The van der Waals surface area contributed by atoms with Crippen molar-refractivity contribution in [1.29, 1.82) is 0 Å². The number of rotatable bonds is 2. The van der Waals surface area contributed by atoms with Crippen LogP contribution in [0.4, 0.5) is 0 Å². The van der Waals surface area contributed by atoms with Crippen molar-refractivity contribution in [3.8, 4) is 21.8 Å². The number of imidazole rings is 1. The second-order valence-electron chi connectivity index (χ2n) is 5.94. The maximum absolute atomic E-state index is 6.19. The van der Waals surface area contributed by atoms with E-state index in [1.807, 2.05) is 54.2 Å². The number of nitrogens with zero attached hydrogens (tertiary/aromatic N) is 4. The van der Waals surface area contributed by atoms with Gasteiger partial charge in [0.15, 0.2) is 0 Å². The SMILES string of the molecule is Cn1cc(-c2nn3cc(-c4ccccc4)nc3s2)c2cc(Cl)ccc21. The predicted molar refractivity (Wildman–Crippen MR) is 103 cm³/mol. The standard InChI is InChI=1S/C19H13ClN4S/c1-23-10-15(14-9-13(20)7-8-17(14)23)18-22-24-11-16(21-19(24)25-18)12-5-3-2-4-6-12/h2-11H,1H3. The van der Waals surface area contributed by atoms with Gasteiger partial charge in [0.05, 0.1) is 11.9 Å². The molecule has 0 amide bonds. The number of fused-ring (bicyclic) bond motifs is 2. The molecule has 6 heteroatoms. The molecule has 0 unspecified atom stereocenters. The van der Waals surface area contributed by atoms with Crippen molar-refractivity contribution in [2.24, 2.45) is 7.05 Å². The largest absolute Gasteiger partial charge is 0.350 e. The first kappa shape index (κ1) is 14.7. The zero-order chi connectivity index (χ0) is 17.0. The van der Waals surface area contributed by atoms with Gasteiger partial charge in [-0.2, -0.15) is 5.10 Å². The molecule has 0 spiro atoms. The van der Waals surface area contributed by atoms with Gasteiger partial charge in [-0.3, -0.25) is 0 Å². The average molecular weight is 365 g/mol. The van der Waals surface area contributed by atoms with Gasteiger partial charge in [-0.1, -0.05) is 53.3 Å². The number of benzene rings is 2. The van der Waals surface area contributed by atoms with Crippen LogP contribution in [0.15, 0.2) is 60.9 Å². The van der Waals surface area contributed by atoms with Gasteiger partial charge < -0.3 is 4.57 Å². The summed E-state index contributed by atoms with van der Waals surface area (Å²) >= 11 is 7.77. The first-order chi connectivity index (χ1) is 12.2. The second-order valence-corrected chi connectivity index (χ2v) is 7.33. The van der Waals surface area contributed by atoms with Crippen LogP contribution in [0.2, 0.25) is 5.02 Å². The molecule has 4 nitrogen and oxygen atoms in total. The Morgan fingerprint density at radius 2 is 1.88 bits per heavy atom. The third-order valence-corrected chi connectivity index (χ3v) is 5.49. The van der Waals surface area contributed by atoms with E-state index in [2.05, 4.69) is 22.9 Å². The molecule has 0 saturated heterocycles. The normalized spacial score (nSPS) is 11.6. The van der Waals surface area contributed by atoms with Crippen LogP contribution in [0.25, 0.3) is 37.7 Å². The van der Waals surface area contributed by atoms with Gasteiger partial charge >= 0.3 is 0 Å². The molecule has 0 aliphatic rings. The number of hydrogen-bond donors (Lipinski definition) is 0. The quantitative estimate of drug-likeness (QED) is 0.427. The van der Waals surface area contributed by atoms with E-state index in [-0.39, 0.29) is 0 Å². The van der Waals surface area contributed by atoms with Gasteiger partial charge in [-0.05, 0) is 18.2 Å². The molecule has 3 heterocycles. The summed E-state index contributed by atoms with van der Waals surface area (Å²) in [7, 11) is 2.03. The summed E-state index contributed by atoms with van der Waals surface area (Å²) in [5.41, 5.74) is 4.25. The van der Waals surface area contributed by atoms with E-state index in [0.29, 0.717) is 0 Å². The van der Waals surface area contributed by atoms with E-state index in [1.54, 1.807) is 11.3 Å². The van der Waals surface area contributed by atoms with Crippen molar-refractivity contribution in [2.45, 2.75) is 0 Å². The first-order valence-corrected chi connectivity index (χ1v) is 9.05. The molecule has 0 radical (unpaired) electrons. The molecule has 25 heavy (non-hydrogen) atoms. The number of hydrogen-bond acceptors (Lipinski definition) is 3. The van der Waals surface area contributed by atoms with Crippen molar-refractivity contribution >= 4 is 38.8 Å². The van der Waals surface area contributed by atoms with Crippen LogP contribution in [0.3, 0.4) is 0 Å². The van der Waals surface area contributed by atoms with Crippen LogP contribution in [-0.4, -0.2) is 19.2 Å². The molecule has 5 aromatic rings. The summed E-state index contributed by atoms with van der Waals surface area (Å²) in [5, 5.41) is 7.51. The summed E-state index contributed by atoms with van der Waals surface area (Å²) in [5.74, 6) is 0. The lowest BCUT2D eigenvalue weighted by Gasteiger charge is -1.96. The Labute approximate surface area is 152 Å². The average Bonchev–Trinajstić information content (AvgIpc) is 3.27. The molecule has 0 bridgehead atoms. The fraction of sp³-hybridized carbons (Fsp3) is 0.0526. The van der Waals surface area contributed by atoms with Gasteiger partial charge in [0.2, 0.25) is 4.96 Å². The maximum Gasteiger partial charge on any atom is 0.213 e. The van der Waals surface area contributed by atoms with E-state index in [4.69, 9.17) is 21.7 Å². The molecule has 2 aromatic carbocycles. The molecule has 0 fully saturated rings. The van der Waals surface area contributed by atoms with Crippen molar-refractivity contribution in [2.75, 3.05) is 0 Å². The summed E-state index contributed by atoms with van der Waals surface area (Å²) in [6.45, 7) is 0. The van der Waals surface area contributed by atoms with Crippen molar-refractivity contribution in [1.82, 2.24) is 19.2 Å². The predicted octanol–water partition coefficient (Wildman–Crippen LogP) is 5.27. The lowest BCUT2D eigenvalue weighted by atomic mass is 10.2. The summed E-state index contributed by atoms with van der Waals surface area (Å²) in [4.78, 5) is 5.60. The molecule has 0 aliphatic carbocycles. The Kier molecular flexibility index (Phi) is 3.20. The van der Waals surface area contributed by atoms with Crippen molar-refractivity contribution < 1.29 is 0 Å². The van der Waals surface area contributed by atoms with Gasteiger partial charge in [-0.25, -0.2) is 9.50 Å². The van der Waals surface area contributed by atoms with Gasteiger partial charge in [-0.15, -0.1) is 0 Å². The number of halogens is 1. The Hall–Kier alpha value is -2.63. The van der Waals surface area contributed by atoms with E-state index < -0.39 is 0 Å². The van der Waals surface area contributed by atoms with Crippen LogP contribution in [0, 0.1) is 0 Å². The Morgan fingerprint density at radius 1 is 1.04 bits per heavy atom.